The molecule has 0 heterocycles. The van der Waals surface area contributed by atoms with Gasteiger partial charge in [0.1, 0.15) is 10.9 Å². The van der Waals surface area contributed by atoms with E-state index in [0.717, 1.165) is 16.8 Å². The van der Waals surface area contributed by atoms with E-state index in [0.29, 0.717) is 10.9 Å². The standard InChI is InChI=1S/C16H14ClNO2/c1-11-10-14(20-12(2)19)8-9-15(11)18-16(17)13-6-4-3-5-7-13/h3-10H,1-2H3. The Labute approximate surface area is 122 Å². The number of ether oxygens (including phenoxy) is 1. The molecule has 0 radical (unpaired) electrons. The lowest BCUT2D eigenvalue weighted by molar-refractivity contribution is -0.131. The van der Waals surface area contributed by atoms with Crippen molar-refractivity contribution >= 4 is 28.4 Å². The third-order valence-corrected chi connectivity index (χ3v) is 2.96. The molecule has 0 N–H and O–H groups in total. The molecule has 0 saturated carbocycles. The molecule has 0 aromatic heterocycles. The maximum Gasteiger partial charge on any atom is 0.308 e. The summed E-state index contributed by atoms with van der Waals surface area (Å²) in [6, 6.07) is 14.8. The zero-order valence-corrected chi connectivity index (χ0v) is 12.0. The second-order valence-corrected chi connectivity index (χ2v) is 4.67. The van der Waals surface area contributed by atoms with Gasteiger partial charge >= 0.3 is 5.97 Å². The van der Waals surface area contributed by atoms with E-state index in [9.17, 15) is 4.79 Å². The number of aliphatic imine (C=N–C) groups is 1. The normalized spacial score (nSPS) is 11.2. The van der Waals surface area contributed by atoms with Crippen LogP contribution in [-0.4, -0.2) is 11.1 Å². The Morgan fingerprint density at radius 2 is 1.85 bits per heavy atom. The van der Waals surface area contributed by atoms with Crippen molar-refractivity contribution in [2.24, 2.45) is 4.99 Å². The molecule has 2 rings (SSSR count). The Hall–Kier alpha value is -2.13. The molecule has 0 bridgehead atoms. The molecule has 0 aliphatic heterocycles. The van der Waals surface area contributed by atoms with Crippen LogP contribution in [0.3, 0.4) is 0 Å². The van der Waals surface area contributed by atoms with Gasteiger partial charge in [-0.25, -0.2) is 4.99 Å². The molecule has 2 aromatic rings. The van der Waals surface area contributed by atoms with Gasteiger partial charge in [0.2, 0.25) is 0 Å². The number of benzene rings is 2. The Bertz CT molecular complexity index is 651. The highest BCUT2D eigenvalue weighted by atomic mass is 35.5. The van der Waals surface area contributed by atoms with Gasteiger partial charge in [0.15, 0.2) is 0 Å². The second kappa shape index (κ2) is 6.35. The first-order valence-electron chi connectivity index (χ1n) is 6.15. The van der Waals surface area contributed by atoms with Gasteiger partial charge in [-0.15, -0.1) is 0 Å². The van der Waals surface area contributed by atoms with Gasteiger partial charge in [0, 0.05) is 12.5 Å². The first-order chi connectivity index (χ1) is 9.56. The highest BCUT2D eigenvalue weighted by Crippen LogP contribution is 2.25. The first kappa shape index (κ1) is 14.3. The van der Waals surface area contributed by atoms with E-state index in [1.54, 1.807) is 18.2 Å². The van der Waals surface area contributed by atoms with Crippen molar-refractivity contribution in [2.75, 3.05) is 0 Å². The number of rotatable bonds is 3. The quantitative estimate of drug-likeness (QED) is 0.481. The number of carbonyl (C=O) groups excluding carboxylic acids is 1. The van der Waals surface area contributed by atoms with Crippen LogP contribution in [0.25, 0.3) is 0 Å². The summed E-state index contributed by atoms with van der Waals surface area (Å²) in [5, 5.41) is 0.425. The molecular formula is C16H14ClNO2. The van der Waals surface area contributed by atoms with Crippen molar-refractivity contribution in [1.29, 1.82) is 0 Å². The Balaban J connectivity index is 2.28. The number of carbonyl (C=O) groups is 1. The highest BCUT2D eigenvalue weighted by molar-refractivity contribution is 6.69. The summed E-state index contributed by atoms with van der Waals surface area (Å²) >= 11 is 6.20. The third-order valence-electron chi connectivity index (χ3n) is 2.66. The van der Waals surface area contributed by atoms with E-state index in [1.165, 1.54) is 6.92 Å². The maximum absolute atomic E-state index is 10.9. The van der Waals surface area contributed by atoms with Gasteiger partial charge in [0.25, 0.3) is 0 Å². The van der Waals surface area contributed by atoms with E-state index < -0.39 is 0 Å². The number of hydrogen-bond acceptors (Lipinski definition) is 3. The van der Waals surface area contributed by atoms with E-state index >= 15 is 0 Å². The molecule has 3 nitrogen and oxygen atoms in total. The van der Waals surface area contributed by atoms with Gasteiger partial charge in [0.05, 0.1) is 5.69 Å². The number of hydrogen-bond donors (Lipinski definition) is 0. The minimum Gasteiger partial charge on any atom is -0.427 e. The summed E-state index contributed by atoms with van der Waals surface area (Å²) < 4.78 is 5.02. The lowest BCUT2D eigenvalue weighted by Gasteiger charge is -2.05. The molecule has 0 saturated heterocycles. The molecule has 0 aliphatic carbocycles. The third kappa shape index (κ3) is 3.68. The molecule has 0 spiro atoms. The predicted octanol–water partition coefficient (Wildman–Crippen LogP) is 4.24. The number of aryl methyl sites for hydroxylation is 1. The van der Waals surface area contributed by atoms with Crippen LogP contribution in [-0.2, 0) is 4.79 Å². The maximum atomic E-state index is 10.9. The molecule has 0 amide bonds. The monoisotopic (exact) mass is 287 g/mol. The number of halogens is 1. The van der Waals surface area contributed by atoms with Crippen LogP contribution in [0.4, 0.5) is 5.69 Å². The van der Waals surface area contributed by atoms with E-state index in [1.807, 2.05) is 37.3 Å². The van der Waals surface area contributed by atoms with Gasteiger partial charge in [-0.05, 0) is 30.7 Å². The van der Waals surface area contributed by atoms with E-state index in [-0.39, 0.29) is 5.97 Å². The molecule has 0 atom stereocenters. The minimum absolute atomic E-state index is 0.344. The fourth-order valence-electron chi connectivity index (χ4n) is 1.73. The van der Waals surface area contributed by atoms with Crippen LogP contribution in [0.2, 0.25) is 0 Å². The van der Waals surface area contributed by atoms with Crippen molar-refractivity contribution in [3.8, 4) is 5.75 Å². The fourth-order valence-corrected chi connectivity index (χ4v) is 1.95. The molecule has 0 fully saturated rings. The molecular weight excluding hydrogens is 274 g/mol. The summed E-state index contributed by atoms with van der Waals surface area (Å²) in [7, 11) is 0. The summed E-state index contributed by atoms with van der Waals surface area (Å²) in [5.41, 5.74) is 2.49. The Morgan fingerprint density at radius 1 is 1.15 bits per heavy atom. The molecule has 2 aromatic carbocycles. The summed E-state index contributed by atoms with van der Waals surface area (Å²) in [6.07, 6.45) is 0. The van der Waals surface area contributed by atoms with Crippen molar-refractivity contribution < 1.29 is 9.53 Å². The Kier molecular flexibility index (Phi) is 4.53. The topological polar surface area (TPSA) is 38.7 Å². The average Bonchev–Trinajstić information content (AvgIpc) is 2.42. The van der Waals surface area contributed by atoms with Gasteiger partial charge in [-0.3, -0.25) is 4.79 Å². The number of nitrogens with zero attached hydrogens (tertiary/aromatic N) is 1. The van der Waals surface area contributed by atoms with Crippen molar-refractivity contribution in [3.05, 3.63) is 59.7 Å². The molecule has 20 heavy (non-hydrogen) atoms. The SMILES string of the molecule is CC(=O)Oc1ccc(N=C(Cl)c2ccccc2)c(C)c1. The first-order valence-corrected chi connectivity index (χ1v) is 6.53. The smallest absolute Gasteiger partial charge is 0.308 e. The molecule has 4 heteroatoms. The average molecular weight is 288 g/mol. The van der Waals surface area contributed by atoms with Crippen molar-refractivity contribution in [2.45, 2.75) is 13.8 Å². The molecule has 102 valence electrons. The van der Waals surface area contributed by atoms with Crippen LogP contribution in [0.5, 0.6) is 5.75 Å². The van der Waals surface area contributed by atoms with Crippen LogP contribution in [0.15, 0.2) is 53.5 Å². The van der Waals surface area contributed by atoms with Crippen LogP contribution >= 0.6 is 11.6 Å². The second-order valence-electron chi connectivity index (χ2n) is 4.31. The largest absolute Gasteiger partial charge is 0.427 e. The van der Waals surface area contributed by atoms with Crippen LogP contribution in [0, 0.1) is 6.92 Å². The molecule has 0 aliphatic rings. The lowest BCUT2D eigenvalue weighted by atomic mass is 10.2. The zero-order valence-electron chi connectivity index (χ0n) is 11.3. The van der Waals surface area contributed by atoms with Crippen molar-refractivity contribution in [3.63, 3.8) is 0 Å². The molecule has 0 unspecified atom stereocenters. The zero-order chi connectivity index (χ0) is 14.5. The van der Waals surface area contributed by atoms with Crippen LogP contribution in [0.1, 0.15) is 18.1 Å². The summed E-state index contributed by atoms with van der Waals surface area (Å²) in [5.74, 6) is 0.160. The summed E-state index contributed by atoms with van der Waals surface area (Å²) in [6.45, 7) is 3.26. The minimum atomic E-state index is -0.344. The van der Waals surface area contributed by atoms with Crippen molar-refractivity contribution in [1.82, 2.24) is 0 Å². The van der Waals surface area contributed by atoms with Gasteiger partial charge < -0.3 is 4.74 Å². The number of esters is 1. The summed E-state index contributed by atoms with van der Waals surface area (Å²) in [4.78, 5) is 15.3. The van der Waals surface area contributed by atoms with E-state index in [2.05, 4.69) is 4.99 Å². The predicted molar refractivity (Wildman–Crippen MR) is 81.0 cm³/mol. The van der Waals surface area contributed by atoms with Gasteiger partial charge in [-0.1, -0.05) is 41.9 Å². The van der Waals surface area contributed by atoms with E-state index in [4.69, 9.17) is 16.3 Å². The lowest BCUT2D eigenvalue weighted by Crippen LogP contribution is -2.01. The Morgan fingerprint density at radius 3 is 2.45 bits per heavy atom. The van der Waals surface area contributed by atoms with Crippen LogP contribution < -0.4 is 4.74 Å². The highest BCUT2D eigenvalue weighted by Gasteiger charge is 2.04. The van der Waals surface area contributed by atoms with Gasteiger partial charge in [-0.2, -0.15) is 0 Å². The fraction of sp³-hybridized carbons (Fsp3) is 0.125.